The van der Waals surface area contributed by atoms with E-state index in [2.05, 4.69) is 45.2 Å². The Hall–Kier alpha value is 1.16. The van der Waals surface area contributed by atoms with E-state index < -0.39 is 25.4 Å². The van der Waals surface area contributed by atoms with Crippen molar-refractivity contribution in [1.29, 1.82) is 0 Å². The molecule has 0 spiro atoms. The topological polar surface area (TPSA) is 0 Å². The fourth-order valence-electron chi connectivity index (χ4n) is 3.10. The van der Waals surface area contributed by atoms with Crippen LogP contribution in [0.2, 0.25) is 21.4 Å². The van der Waals surface area contributed by atoms with E-state index in [4.69, 9.17) is 0 Å². The Kier molecular flexibility index (Phi) is 12.1. The second-order valence-electron chi connectivity index (χ2n) is 5.14. The van der Waals surface area contributed by atoms with Crippen molar-refractivity contribution < 1.29 is 19.4 Å². The molecule has 1 aliphatic rings. The number of hydrogen-bond acceptors (Lipinski definition) is 0. The summed E-state index contributed by atoms with van der Waals surface area (Å²) < 4.78 is 5.20. The molecule has 0 aliphatic heterocycles. The molecule has 0 saturated carbocycles. The third kappa shape index (κ3) is 4.97. The summed E-state index contributed by atoms with van der Waals surface area (Å²) in [5.74, 6) is -0.408. The first kappa shape index (κ1) is 20.5. The summed E-state index contributed by atoms with van der Waals surface area (Å²) in [6, 6.07) is 0. The summed E-state index contributed by atoms with van der Waals surface area (Å²) in [6.45, 7) is 10.0. The van der Waals surface area contributed by atoms with Gasteiger partial charge in [0, 0.05) is 0 Å². The van der Waals surface area contributed by atoms with Crippen molar-refractivity contribution in [3.8, 4) is 0 Å². The second kappa shape index (κ2) is 10.0. The van der Waals surface area contributed by atoms with Crippen molar-refractivity contribution in [3.05, 3.63) is 21.5 Å². The Balaban J connectivity index is 0. The SMILES string of the molecule is CC[CH2][Zr]([CH2]CC)([C]1=CC=CC1)[SiH](C)C.Cl.Cl. The van der Waals surface area contributed by atoms with Gasteiger partial charge < -0.3 is 0 Å². The molecular weight excluding hydrogens is 346 g/mol. The van der Waals surface area contributed by atoms with Gasteiger partial charge in [0.15, 0.2) is 0 Å². The molecule has 0 N–H and O–H groups in total. The predicted molar refractivity (Wildman–Crippen MR) is 85.4 cm³/mol. The zero-order chi connectivity index (χ0) is 11.3. The molecular formula is C13H28Cl2SiZr. The van der Waals surface area contributed by atoms with Crippen molar-refractivity contribution in [2.45, 2.75) is 54.5 Å². The first-order valence-corrected chi connectivity index (χ1v) is 18.4. The molecule has 0 unspecified atom stereocenters. The summed E-state index contributed by atoms with van der Waals surface area (Å²) >= 11 is -1.83. The van der Waals surface area contributed by atoms with Crippen LogP contribution < -0.4 is 0 Å². The zero-order valence-corrected chi connectivity index (χ0v) is 16.9. The normalized spacial score (nSPS) is 14.3. The maximum absolute atomic E-state index is 2.63. The average molecular weight is 375 g/mol. The van der Waals surface area contributed by atoms with Gasteiger partial charge in [-0.2, -0.15) is 0 Å². The van der Waals surface area contributed by atoms with Gasteiger partial charge in [-0.3, -0.25) is 0 Å². The van der Waals surface area contributed by atoms with E-state index in [9.17, 15) is 0 Å². The van der Waals surface area contributed by atoms with Gasteiger partial charge in [-0.15, -0.1) is 24.8 Å². The van der Waals surface area contributed by atoms with Gasteiger partial charge in [-0.05, 0) is 0 Å². The van der Waals surface area contributed by atoms with Crippen LogP contribution in [0, 0.1) is 0 Å². The summed E-state index contributed by atoms with van der Waals surface area (Å²) in [7, 11) is 0. The van der Waals surface area contributed by atoms with Gasteiger partial charge in [0.05, 0.1) is 0 Å². The van der Waals surface area contributed by atoms with Crippen molar-refractivity contribution in [1.82, 2.24) is 0 Å². The van der Waals surface area contributed by atoms with Crippen LogP contribution in [0.5, 0.6) is 0 Å². The van der Waals surface area contributed by atoms with Crippen molar-refractivity contribution in [3.63, 3.8) is 0 Å². The Morgan fingerprint density at radius 2 is 1.65 bits per heavy atom. The van der Waals surface area contributed by atoms with Gasteiger partial charge in [-0.1, -0.05) is 0 Å². The van der Waals surface area contributed by atoms with Crippen LogP contribution >= 0.6 is 24.8 Å². The maximum Gasteiger partial charge on any atom is -0.147 e. The number of allylic oxidation sites excluding steroid dienone is 4. The molecule has 0 heterocycles. The molecule has 17 heavy (non-hydrogen) atoms. The third-order valence-corrected chi connectivity index (χ3v) is 38.9. The molecule has 0 aromatic carbocycles. The Labute approximate surface area is 125 Å². The molecule has 1 aliphatic carbocycles. The van der Waals surface area contributed by atoms with Crippen molar-refractivity contribution >= 4 is 30.7 Å². The first-order valence-electron chi connectivity index (χ1n) is 6.53. The molecule has 0 amide bonds. The van der Waals surface area contributed by atoms with Gasteiger partial charge in [0.2, 0.25) is 0 Å². The van der Waals surface area contributed by atoms with Gasteiger partial charge >= 0.3 is 101 Å². The molecule has 0 radical (unpaired) electrons. The van der Waals surface area contributed by atoms with Crippen LogP contribution in [0.15, 0.2) is 21.5 Å². The molecule has 0 nitrogen and oxygen atoms in total. The molecule has 102 valence electrons. The van der Waals surface area contributed by atoms with E-state index in [1.54, 1.807) is 8.26 Å². The van der Waals surface area contributed by atoms with E-state index in [0.717, 1.165) is 0 Å². The maximum atomic E-state index is 2.63. The fraction of sp³-hybridized carbons (Fsp3) is 0.692. The minimum atomic E-state index is -1.83. The minimum absolute atomic E-state index is 0. The number of hydrogen-bond donors (Lipinski definition) is 0. The van der Waals surface area contributed by atoms with Gasteiger partial charge in [0.25, 0.3) is 0 Å². The zero-order valence-electron chi connectivity index (χ0n) is 11.7. The van der Waals surface area contributed by atoms with Crippen LogP contribution in [0.1, 0.15) is 33.1 Å². The molecule has 0 saturated heterocycles. The van der Waals surface area contributed by atoms with Gasteiger partial charge in [-0.25, -0.2) is 0 Å². The Morgan fingerprint density at radius 1 is 1.12 bits per heavy atom. The smallest absolute Gasteiger partial charge is 0.147 e. The van der Waals surface area contributed by atoms with E-state index in [-0.39, 0.29) is 24.8 Å². The molecule has 0 aromatic heterocycles. The molecule has 0 atom stereocenters. The largest absolute Gasteiger partial charge is 0.147 e. The van der Waals surface area contributed by atoms with E-state index in [0.29, 0.717) is 0 Å². The summed E-state index contributed by atoms with van der Waals surface area (Å²) in [6.07, 6.45) is 11.4. The van der Waals surface area contributed by atoms with Crippen molar-refractivity contribution in [2.75, 3.05) is 0 Å². The monoisotopic (exact) mass is 372 g/mol. The van der Waals surface area contributed by atoms with E-state index in [1.807, 2.05) is 3.28 Å². The van der Waals surface area contributed by atoms with E-state index >= 15 is 0 Å². The van der Waals surface area contributed by atoms with Crippen LogP contribution in [-0.2, 0) is 19.4 Å². The number of halogens is 2. The number of rotatable bonds is 6. The van der Waals surface area contributed by atoms with Crippen LogP contribution in [0.3, 0.4) is 0 Å². The predicted octanol–water partition coefficient (Wildman–Crippen LogP) is 5.47. The van der Waals surface area contributed by atoms with Gasteiger partial charge in [0.1, 0.15) is 0 Å². The summed E-state index contributed by atoms with van der Waals surface area (Å²) in [5.41, 5.74) is 0. The third-order valence-electron chi connectivity index (χ3n) is 3.91. The first-order chi connectivity index (χ1) is 7.17. The van der Waals surface area contributed by atoms with E-state index in [1.165, 1.54) is 19.3 Å². The van der Waals surface area contributed by atoms with Crippen LogP contribution in [0.4, 0.5) is 0 Å². The molecule has 0 bridgehead atoms. The minimum Gasteiger partial charge on any atom is -0.147 e. The molecule has 0 aromatic rings. The molecule has 0 fully saturated rings. The van der Waals surface area contributed by atoms with Crippen LogP contribution in [0.25, 0.3) is 0 Å². The average Bonchev–Trinajstić information content (AvgIpc) is 2.70. The second-order valence-corrected chi connectivity index (χ2v) is 32.2. The van der Waals surface area contributed by atoms with Crippen LogP contribution in [-0.4, -0.2) is 5.92 Å². The standard InChI is InChI=1S/C5H5.2C3H7.C2H7Si.2ClH.Zr/c1-2-4-5-3-1;3*1-3-2;;;/h1-3H,4H2;2*1,3H2,2H3;3H,1-2H3;2*1H;. The Bertz CT molecular complexity index is 256. The van der Waals surface area contributed by atoms with Crippen molar-refractivity contribution in [2.24, 2.45) is 0 Å². The quantitative estimate of drug-likeness (QED) is 0.541. The summed E-state index contributed by atoms with van der Waals surface area (Å²) in [4.78, 5) is 0. The molecule has 4 heteroatoms. The summed E-state index contributed by atoms with van der Waals surface area (Å²) in [5, 5.41) is 0. The molecule has 1 rings (SSSR count). The Morgan fingerprint density at radius 3 is 1.94 bits per heavy atom. The fourth-order valence-corrected chi connectivity index (χ4v) is 32.6.